The number of amides is 3. The van der Waals surface area contributed by atoms with Crippen LogP contribution in [0.5, 0.6) is 0 Å². The minimum atomic E-state index is -0.432. The molecule has 7 N–H and O–H groups in total. The van der Waals surface area contributed by atoms with Crippen LogP contribution >= 0.6 is 0 Å². The topological polar surface area (TPSA) is 276 Å². The molecule has 2 aliphatic heterocycles. The normalized spacial score (nSPS) is 18.5. The van der Waals surface area contributed by atoms with Gasteiger partial charge in [-0.25, -0.2) is 9.97 Å². The second-order valence-corrected chi connectivity index (χ2v) is 22.5. The van der Waals surface area contributed by atoms with Gasteiger partial charge in [0.15, 0.2) is 22.9 Å². The van der Waals surface area contributed by atoms with Crippen molar-refractivity contribution in [2.75, 3.05) is 36.8 Å². The molecule has 2 aromatic carbocycles. The number of pyridine rings is 2. The third kappa shape index (κ3) is 10.1. The molecule has 3 amide bonds. The molecule has 2 aliphatic carbocycles. The third-order valence-electron chi connectivity index (χ3n) is 14.8. The summed E-state index contributed by atoms with van der Waals surface area (Å²) >= 11 is 0. The number of likely N-dealkylation sites (tertiary alicyclic amines) is 1. The van der Waals surface area contributed by atoms with Gasteiger partial charge >= 0.3 is 0 Å². The van der Waals surface area contributed by atoms with Crippen LogP contribution in [0.3, 0.4) is 0 Å². The summed E-state index contributed by atoms with van der Waals surface area (Å²) in [4.78, 5) is 57.4. The number of carbonyl (C=O) groups is 3. The smallest absolute Gasteiger partial charge is 0.293 e. The monoisotopic (exact) mass is 1030 g/mol. The van der Waals surface area contributed by atoms with Gasteiger partial charge in [0, 0.05) is 61.4 Å². The molecule has 0 unspecified atom stereocenters. The van der Waals surface area contributed by atoms with E-state index in [0.717, 1.165) is 120 Å². The van der Waals surface area contributed by atoms with Gasteiger partial charge in [0.1, 0.15) is 0 Å². The van der Waals surface area contributed by atoms with Crippen molar-refractivity contribution < 1.29 is 23.4 Å². The first kappa shape index (κ1) is 50.1. The summed E-state index contributed by atoms with van der Waals surface area (Å²) in [7, 11) is 0. The van der Waals surface area contributed by atoms with E-state index in [1.54, 1.807) is 12.4 Å². The average Bonchev–Trinajstić information content (AvgIpc) is 3.92. The lowest BCUT2D eigenvalue weighted by Gasteiger charge is -2.18. The number of carbonyl (C=O) groups excluding carboxylic acids is 3. The molecule has 4 aliphatic rings. The van der Waals surface area contributed by atoms with Crippen LogP contribution in [-0.4, -0.2) is 112 Å². The molecule has 21 nitrogen and oxygen atoms in total. The zero-order valence-corrected chi connectivity index (χ0v) is 43.9. The second-order valence-electron chi connectivity index (χ2n) is 22.5. The number of aromatic nitrogens is 10. The molecular formula is C55H64N16O5. The predicted octanol–water partition coefficient (Wildman–Crippen LogP) is 7.65. The Bertz CT molecular complexity index is 3420. The molecule has 394 valence electrons. The van der Waals surface area contributed by atoms with Crippen molar-refractivity contribution in [2.24, 2.45) is 0 Å². The fourth-order valence-corrected chi connectivity index (χ4v) is 10.0. The van der Waals surface area contributed by atoms with E-state index in [2.05, 4.69) is 126 Å². The molecule has 8 heterocycles. The van der Waals surface area contributed by atoms with Crippen LogP contribution in [0.4, 0.5) is 11.6 Å². The van der Waals surface area contributed by atoms with E-state index in [4.69, 9.17) is 9.05 Å². The fraction of sp³-hybridized carbons (Fsp3) is 0.436. The number of rotatable bonds is 13. The van der Waals surface area contributed by atoms with Gasteiger partial charge in [0.25, 0.3) is 23.5 Å². The minimum absolute atomic E-state index is 0.0522. The summed E-state index contributed by atoms with van der Waals surface area (Å²) < 4.78 is 10.6. The molecule has 12 rings (SSSR count). The first-order valence-electron chi connectivity index (χ1n) is 26.2. The van der Waals surface area contributed by atoms with E-state index in [-0.39, 0.29) is 46.2 Å². The molecule has 0 radical (unpaired) electrons. The van der Waals surface area contributed by atoms with E-state index in [9.17, 15) is 14.4 Å². The van der Waals surface area contributed by atoms with Gasteiger partial charge in [0.05, 0.1) is 21.9 Å². The first-order valence-corrected chi connectivity index (χ1v) is 26.2. The highest BCUT2D eigenvalue weighted by atomic mass is 16.5. The maximum Gasteiger partial charge on any atom is 0.293 e. The Hall–Kier alpha value is -8.07. The van der Waals surface area contributed by atoms with Crippen molar-refractivity contribution in [1.29, 1.82) is 0 Å². The highest BCUT2D eigenvalue weighted by Crippen LogP contribution is 2.48. The Morgan fingerprint density at radius 2 is 1.13 bits per heavy atom. The molecule has 2 saturated carbocycles. The Labute approximate surface area is 439 Å². The van der Waals surface area contributed by atoms with Crippen molar-refractivity contribution in [2.45, 2.75) is 127 Å². The predicted molar refractivity (Wildman–Crippen MR) is 285 cm³/mol. The van der Waals surface area contributed by atoms with Gasteiger partial charge in [-0.05, 0) is 90.6 Å². The molecule has 0 spiro atoms. The van der Waals surface area contributed by atoms with Crippen LogP contribution < -0.4 is 26.6 Å². The summed E-state index contributed by atoms with van der Waals surface area (Å²) in [6.07, 6.45) is 9.44. The SMILES string of the molecule is CC(C)(C)c1nc(C(=O)NC2(c3ccc(-c4ccnc5[nH]nc(N[C@@H]6CCNC6)c45)cc3)CC2)no1.CCC(=O)N1CC[C@@H](Nc2n[nH]c3nccc(-c4ccc(C5(NC(=O)c6noc(C(C)(C)C)n6)CC5)cc4)c23)C1. The summed E-state index contributed by atoms with van der Waals surface area (Å²) in [5.41, 5.74) is 6.23. The van der Waals surface area contributed by atoms with Crippen molar-refractivity contribution in [1.82, 2.24) is 71.5 Å². The molecule has 2 saturated heterocycles. The molecule has 76 heavy (non-hydrogen) atoms. The van der Waals surface area contributed by atoms with Crippen molar-refractivity contribution in [3.63, 3.8) is 0 Å². The van der Waals surface area contributed by atoms with Gasteiger partial charge < -0.3 is 40.5 Å². The third-order valence-corrected chi connectivity index (χ3v) is 14.8. The molecule has 21 heteroatoms. The van der Waals surface area contributed by atoms with Gasteiger partial charge in [-0.3, -0.25) is 24.6 Å². The number of hydrogen-bond acceptors (Lipinski definition) is 16. The summed E-state index contributed by atoms with van der Waals surface area (Å²) in [6, 6.07) is 21.1. The lowest BCUT2D eigenvalue weighted by Crippen LogP contribution is -2.35. The number of nitrogens with zero attached hydrogens (tertiary/aromatic N) is 9. The number of aromatic amines is 2. The molecule has 6 aromatic heterocycles. The van der Waals surface area contributed by atoms with E-state index >= 15 is 0 Å². The van der Waals surface area contributed by atoms with Crippen molar-refractivity contribution >= 4 is 51.4 Å². The molecule has 2 atom stereocenters. The van der Waals surface area contributed by atoms with E-state index in [1.165, 1.54) is 0 Å². The van der Waals surface area contributed by atoms with Crippen LogP contribution in [0, 0.1) is 0 Å². The van der Waals surface area contributed by atoms with Crippen LogP contribution in [-0.2, 0) is 26.7 Å². The molecule has 0 bridgehead atoms. The molecule has 4 fully saturated rings. The lowest BCUT2D eigenvalue weighted by atomic mass is 9.97. The fourth-order valence-electron chi connectivity index (χ4n) is 10.0. The Morgan fingerprint density at radius 1 is 0.658 bits per heavy atom. The molecular weight excluding hydrogens is 965 g/mol. The highest BCUT2D eigenvalue weighted by molar-refractivity contribution is 6.01. The van der Waals surface area contributed by atoms with Crippen LogP contribution in [0.1, 0.15) is 138 Å². The summed E-state index contributed by atoms with van der Waals surface area (Å²) in [5.74, 6) is 2.08. The van der Waals surface area contributed by atoms with E-state index in [0.29, 0.717) is 36.4 Å². The highest BCUT2D eigenvalue weighted by Gasteiger charge is 2.47. The summed E-state index contributed by atoms with van der Waals surface area (Å²) in [6.45, 7) is 17.0. The standard InChI is InChI=1S/C29H34N8O3.C26H30N8O2/c1-5-21(38)37-15-11-19(16-37)31-24-22-20(10-14-30-23(22)34-35-24)17-6-8-18(9-7-17)29(12-13-29)33-26(39)25-32-27(40-36-25)28(2,3)4;1-25(2,3)24-30-22(34-36-24)23(35)31-26(10-11-26)16-6-4-15(5-7-16)18-9-13-28-20-19(18)21(33-32-20)29-17-8-12-27-14-17/h6-10,14,19H,5,11-13,15-16H2,1-4H3,(H,33,39)(H2,30,31,34,35);4-7,9,13,17,27H,8,10-12,14H2,1-3H3,(H,31,35)(H2,28,29,32,33)/t19-;17-/m11/s1. The van der Waals surface area contributed by atoms with Crippen molar-refractivity contribution in [3.05, 3.63) is 108 Å². The number of benzene rings is 2. The van der Waals surface area contributed by atoms with Crippen molar-refractivity contribution in [3.8, 4) is 22.3 Å². The van der Waals surface area contributed by atoms with Crippen LogP contribution in [0.25, 0.3) is 44.3 Å². The zero-order valence-electron chi connectivity index (χ0n) is 43.9. The van der Waals surface area contributed by atoms with Crippen LogP contribution in [0.2, 0.25) is 0 Å². The van der Waals surface area contributed by atoms with Crippen LogP contribution in [0.15, 0.2) is 82.1 Å². The Balaban J connectivity index is 0.000000163. The van der Waals surface area contributed by atoms with Gasteiger partial charge in [-0.15, -0.1) is 0 Å². The maximum atomic E-state index is 12.9. The van der Waals surface area contributed by atoms with Gasteiger partial charge in [0.2, 0.25) is 17.7 Å². The number of H-pyrrole nitrogens is 2. The zero-order chi connectivity index (χ0) is 53.0. The second kappa shape index (κ2) is 19.6. The largest absolute Gasteiger partial charge is 0.364 e. The first-order chi connectivity index (χ1) is 36.5. The van der Waals surface area contributed by atoms with Gasteiger partial charge in [-0.1, -0.05) is 107 Å². The Kier molecular flexibility index (Phi) is 12.9. The molecule has 8 aromatic rings. The van der Waals surface area contributed by atoms with Gasteiger partial charge in [-0.2, -0.15) is 20.2 Å². The number of hydrogen-bond donors (Lipinski definition) is 7. The average molecular weight is 1030 g/mol. The number of anilines is 2. The maximum absolute atomic E-state index is 12.9. The number of nitrogens with one attached hydrogen (secondary N) is 7. The Morgan fingerprint density at radius 3 is 1.54 bits per heavy atom. The number of fused-ring (bicyclic) bond motifs is 2. The quantitative estimate of drug-likeness (QED) is 0.0584. The summed E-state index contributed by atoms with van der Waals surface area (Å²) in [5, 5.41) is 41.5. The van der Waals surface area contributed by atoms with E-state index in [1.807, 2.05) is 65.5 Å². The van der Waals surface area contributed by atoms with E-state index < -0.39 is 11.1 Å². The lowest BCUT2D eigenvalue weighted by molar-refractivity contribution is -0.129. The minimum Gasteiger partial charge on any atom is -0.364 e.